The lowest BCUT2D eigenvalue weighted by Crippen LogP contribution is -2.18. The molecule has 0 radical (unpaired) electrons. The van der Waals surface area contributed by atoms with Gasteiger partial charge in [0, 0.05) is 20.2 Å². The number of benzene rings is 1. The largest absolute Gasteiger partial charge is 0.435 e. The van der Waals surface area contributed by atoms with Gasteiger partial charge in [0.25, 0.3) is 0 Å². The van der Waals surface area contributed by atoms with Crippen LogP contribution in [0.1, 0.15) is 5.56 Å². The molecule has 0 heterocycles. The molecule has 0 aromatic heterocycles. The van der Waals surface area contributed by atoms with E-state index >= 15 is 0 Å². The Labute approximate surface area is 98.3 Å². The van der Waals surface area contributed by atoms with E-state index in [9.17, 15) is 13.6 Å². The van der Waals surface area contributed by atoms with E-state index < -0.39 is 6.61 Å². The van der Waals surface area contributed by atoms with E-state index in [1.807, 2.05) is 0 Å². The van der Waals surface area contributed by atoms with Gasteiger partial charge in [-0.1, -0.05) is 12.1 Å². The van der Waals surface area contributed by atoms with Crippen molar-refractivity contribution in [1.82, 2.24) is 4.90 Å². The molecule has 0 saturated heterocycles. The maximum Gasteiger partial charge on any atom is 0.387 e. The Morgan fingerprint density at radius 1 is 1.29 bits per heavy atom. The second kappa shape index (κ2) is 5.98. The molecule has 92 valence electrons. The molecule has 0 aliphatic rings. The van der Waals surface area contributed by atoms with E-state index in [-0.39, 0.29) is 11.7 Å². The third-order valence-corrected chi connectivity index (χ3v) is 1.96. The van der Waals surface area contributed by atoms with Crippen LogP contribution in [-0.2, 0) is 4.79 Å². The molecule has 0 aliphatic heterocycles. The molecule has 1 amide bonds. The first kappa shape index (κ1) is 13.2. The van der Waals surface area contributed by atoms with Crippen molar-refractivity contribution in [2.75, 3.05) is 14.1 Å². The van der Waals surface area contributed by atoms with Crippen LogP contribution in [0.2, 0.25) is 0 Å². The van der Waals surface area contributed by atoms with Gasteiger partial charge in [-0.3, -0.25) is 4.79 Å². The van der Waals surface area contributed by atoms with Crippen LogP contribution in [0.5, 0.6) is 5.75 Å². The van der Waals surface area contributed by atoms with Crippen molar-refractivity contribution in [3.05, 3.63) is 35.9 Å². The summed E-state index contributed by atoms with van der Waals surface area (Å²) in [6.07, 6.45) is 3.01. The van der Waals surface area contributed by atoms with Gasteiger partial charge in [-0.05, 0) is 23.8 Å². The Bertz CT molecular complexity index is 399. The summed E-state index contributed by atoms with van der Waals surface area (Å²) in [5.41, 5.74) is 0.738. The predicted octanol–water partition coefficient (Wildman–Crippen LogP) is 2.39. The van der Waals surface area contributed by atoms with Crippen molar-refractivity contribution in [1.29, 1.82) is 0 Å². The van der Waals surface area contributed by atoms with Crippen LogP contribution in [0.4, 0.5) is 8.78 Å². The fraction of sp³-hybridized carbons (Fsp3) is 0.250. The predicted molar refractivity (Wildman–Crippen MR) is 60.8 cm³/mol. The number of carbonyl (C=O) groups is 1. The zero-order valence-corrected chi connectivity index (χ0v) is 9.56. The minimum absolute atomic E-state index is 0.0936. The Morgan fingerprint density at radius 3 is 2.35 bits per heavy atom. The molecule has 17 heavy (non-hydrogen) atoms. The number of carbonyl (C=O) groups excluding carboxylic acids is 1. The maximum absolute atomic E-state index is 11.9. The smallest absolute Gasteiger partial charge is 0.387 e. The molecule has 0 N–H and O–H groups in total. The van der Waals surface area contributed by atoms with Crippen LogP contribution in [0.25, 0.3) is 6.08 Å². The Kier molecular flexibility index (Phi) is 4.63. The van der Waals surface area contributed by atoms with Gasteiger partial charge in [0.2, 0.25) is 5.91 Å². The van der Waals surface area contributed by atoms with Gasteiger partial charge in [0.05, 0.1) is 0 Å². The zero-order chi connectivity index (χ0) is 12.8. The van der Waals surface area contributed by atoms with Crippen LogP contribution in [0, 0.1) is 0 Å². The molecule has 1 rings (SSSR count). The lowest BCUT2D eigenvalue weighted by atomic mass is 10.2. The molecule has 5 heteroatoms. The SMILES string of the molecule is CN(C)C(=O)/C=C/c1ccc(OC(F)F)cc1. The monoisotopic (exact) mass is 241 g/mol. The quantitative estimate of drug-likeness (QED) is 0.757. The van der Waals surface area contributed by atoms with E-state index in [1.54, 1.807) is 32.3 Å². The van der Waals surface area contributed by atoms with E-state index in [1.165, 1.54) is 23.1 Å². The van der Waals surface area contributed by atoms with E-state index in [0.717, 1.165) is 5.56 Å². The summed E-state index contributed by atoms with van der Waals surface area (Å²) in [5, 5.41) is 0. The second-order valence-electron chi connectivity index (χ2n) is 3.51. The number of nitrogens with zero attached hydrogens (tertiary/aromatic N) is 1. The van der Waals surface area contributed by atoms with Gasteiger partial charge >= 0.3 is 6.61 Å². The first-order valence-electron chi connectivity index (χ1n) is 4.93. The molecule has 3 nitrogen and oxygen atoms in total. The summed E-state index contributed by atoms with van der Waals surface area (Å²) >= 11 is 0. The molecule has 0 bridgehead atoms. The molecular weight excluding hydrogens is 228 g/mol. The highest BCUT2D eigenvalue weighted by Gasteiger charge is 2.03. The Balaban J connectivity index is 2.65. The number of rotatable bonds is 4. The molecule has 0 fully saturated rings. The normalized spacial score (nSPS) is 10.9. The summed E-state index contributed by atoms with van der Waals surface area (Å²) in [5.74, 6) is -0.0472. The average Bonchev–Trinajstić information content (AvgIpc) is 2.26. The van der Waals surface area contributed by atoms with Crippen LogP contribution in [-0.4, -0.2) is 31.5 Å². The van der Waals surface area contributed by atoms with Gasteiger partial charge in [0.1, 0.15) is 5.75 Å². The number of hydrogen-bond acceptors (Lipinski definition) is 2. The molecule has 1 aromatic rings. The number of hydrogen-bond donors (Lipinski definition) is 0. The fourth-order valence-corrected chi connectivity index (χ4v) is 1.08. The minimum Gasteiger partial charge on any atom is -0.435 e. The van der Waals surface area contributed by atoms with Gasteiger partial charge in [-0.25, -0.2) is 0 Å². The number of halogens is 2. The van der Waals surface area contributed by atoms with Crippen molar-refractivity contribution in [2.24, 2.45) is 0 Å². The average molecular weight is 241 g/mol. The van der Waals surface area contributed by atoms with E-state index in [4.69, 9.17) is 0 Å². The number of amides is 1. The molecule has 0 aliphatic carbocycles. The van der Waals surface area contributed by atoms with Crippen LogP contribution >= 0.6 is 0 Å². The standard InChI is InChI=1S/C12H13F2NO2/c1-15(2)11(16)8-5-9-3-6-10(7-4-9)17-12(13)14/h3-8,12H,1-2H3/b8-5+. The number of alkyl halides is 2. The topological polar surface area (TPSA) is 29.5 Å². The van der Waals surface area contributed by atoms with Crippen molar-refractivity contribution in [2.45, 2.75) is 6.61 Å². The van der Waals surface area contributed by atoms with Crippen molar-refractivity contribution >= 4 is 12.0 Å². The molecule has 0 unspecified atom stereocenters. The first-order valence-corrected chi connectivity index (χ1v) is 4.93. The second-order valence-corrected chi connectivity index (χ2v) is 3.51. The summed E-state index contributed by atoms with van der Waals surface area (Å²) in [6.45, 7) is -2.83. The summed E-state index contributed by atoms with van der Waals surface area (Å²) in [4.78, 5) is 12.7. The Hall–Kier alpha value is -1.91. The van der Waals surface area contributed by atoms with Crippen molar-refractivity contribution < 1.29 is 18.3 Å². The fourth-order valence-electron chi connectivity index (χ4n) is 1.08. The Morgan fingerprint density at radius 2 is 1.88 bits per heavy atom. The van der Waals surface area contributed by atoms with Gasteiger partial charge < -0.3 is 9.64 Å². The van der Waals surface area contributed by atoms with Crippen LogP contribution < -0.4 is 4.74 Å². The highest BCUT2D eigenvalue weighted by molar-refractivity contribution is 5.91. The molecule has 1 aromatic carbocycles. The van der Waals surface area contributed by atoms with Crippen LogP contribution in [0.3, 0.4) is 0 Å². The molecular formula is C12H13F2NO2. The molecule has 0 saturated carbocycles. The third-order valence-electron chi connectivity index (χ3n) is 1.96. The maximum atomic E-state index is 11.9. The third kappa shape index (κ3) is 4.63. The van der Waals surface area contributed by atoms with Gasteiger partial charge in [0.15, 0.2) is 0 Å². The highest BCUT2D eigenvalue weighted by atomic mass is 19.3. The first-order chi connectivity index (χ1) is 7.99. The van der Waals surface area contributed by atoms with Gasteiger partial charge in [-0.2, -0.15) is 8.78 Å². The van der Waals surface area contributed by atoms with E-state index in [2.05, 4.69) is 4.74 Å². The van der Waals surface area contributed by atoms with Crippen LogP contribution in [0.15, 0.2) is 30.3 Å². The van der Waals surface area contributed by atoms with Gasteiger partial charge in [-0.15, -0.1) is 0 Å². The van der Waals surface area contributed by atoms with Crippen molar-refractivity contribution in [3.63, 3.8) is 0 Å². The highest BCUT2D eigenvalue weighted by Crippen LogP contribution is 2.15. The lowest BCUT2D eigenvalue weighted by molar-refractivity contribution is -0.123. The summed E-state index contributed by atoms with van der Waals surface area (Å²) in [6, 6.07) is 6.03. The molecule has 0 atom stereocenters. The summed E-state index contributed by atoms with van der Waals surface area (Å²) < 4.78 is 28.0. The summed E-state index contributed by atoms with van der Waals surface area (Å²) in [7, 11) is 3.29. The minimum atomic E-state index is -2.83. The number of ether oxygens (including phenoxy) is 1. The number of likely N-dealkylation sites (N-methyl/N-ethyl adjacent to an activating group) is 1. The molecule has 0 spiro atoms. The van der Waals surface area contributed by atoms with E-state index in [0.29, 0.717) is 0 Å². The lowest BCUT2D eigenvalue weighted by Gasteiger charge is -2.05. The zero-order valence-electron chi connectivity index (χ0n) is 9.56. The van der Waals surface area contributed by atoms with Crippen molar-refractivity contribution in [3.8, 4) is 5.75 Å².